The van der Waals surface area contributed by atoms with E-state index in [0.29, 0.717) is 5.02 Å². The van der Waals surface area contributed by atoms with Crippen LogP contribution in [0, 0.1) is 0 Å². The van der Waals surface area contributed by atoms with Crippen LogP contribution < -0.4 is 10.2 Å². The van der Waals surface area contributed by atoms with Crippen molar-refractivity contribution in [1.82, 2.24) is 10.4 Å². The summed E-state index contributed by atoms with van der Waals surface area (Å²) < 4.78 is 11.2. The summed E-state index contributed by atoms with van der Waals surface area (Å²) in [7, 11) is 0. The number of hydrazine groups is 1. The lowest BCUT2D eigenvalue weighted by Gasteiger charge is -2.32. The molecule has 1 aliphatic heterocycles. The van der Waals surface area contributed by atoms with Crippen molar-refractivity contribution < 1.29 is 14.3 Å². The smallest absolute Gasteiger partial charge is 0.422 e. The molecule has 0 unspecified atom stereocenters. The lowest BCUT2D eigenvalue weighted by molar-refractivity contribution is 0.0192. The Morgan fingerprint density at radius 3 is 2.36 bits per heavy atom. The summed E-state index contributed by atoms with van der Waals surface area (Å²) in [6.45, 7) is 7.01. The minimum Gasteiger partial charge on any atom is -0.490 e. The zero-order valence-electron chi connectivity index (χ0n) is 13.3. The molecule has 0 aliphatic carbocycles. The highest BCUT2D eigenvalue weighted by molar-refractivity contribution is 6.30. The number of halogens is 1. The van der Waals surface area contributed by atoms with Crippen LogP contribution in [0.4, 0.5) is 4.79 Å². The van der Waals surface area contributed by atoms with E-state index >= 15 is 0 Å². The van der Waals surface area contributed by atoms with Crippen LogP contribution in [0.3, 0.4) is 0 Å². The first-order valence-electron chi connectivity index (χ1n) is 7.49. The molecular formula is C16H23ClN2O3. The molecule has 1 N–H and O–H groups in total. The number of carbonyl (C=O) groups is 1. The largest absolute Gasteiger partial charge is 0.490 e. The fourth-order valence-electron chi connectivity index (χ4n) is 2.22. The summed E-state index contributed by atoms with van der Waals surface area (Å²) in [5.74, 6) is 0.822. The number of ether oxygens (including phenoxy) is 2. The van der Waals surface area contributed by atoms with E-state index in [1.807, 2.05) is 50.0 Å². The minimum absolute atomic E-state index is 0.151. The molecule has 0 aromatic heterocycles. The Bertz CT molecular complexity index is 491. The second kappa shape index (κ2) is 7.20. The Kier molecular flexibility index (Phi) is 5.53. The molecule has 0 atom stereocenters. The van der Waals surface area contributed by atoms with Crippen molar-refractivity contribution in [3.05, 3.63) is 29.3 Å². The Morgan fingerprint density at radius 2 is 1.82 bits per heavy atom. The number of carbonyl (C=O) groups excluding carboxylic acids is 1. The molecule has 1 fully saturated rings. The van der Waals surface area contributed by atoms with Gasteiger partial charge in [0.25, 0.3) is 0 Å². The number of nitrogens with zero attached hydrogens (tertiary/aromatic N) is 1. The molecule has 0 saturated carbocycles. The number of hydrogen-bond donors (Lipinski definition) is 1. The highest BCUT2D eigenvalue weighted by Gasteiger charge is 2.23. The summed E-state index contributed by atoms with van der Waals surface area (Å²) in [5, 5.41) is 2.57. The summed E-state index contributed by atoms with van der Waals surface area (Å²) >= 11 is 5.85. The van der Waals surface area contributed by atoms with Crippen molar-refractivity contribution in [2.75, 3.05) is 13.1 Å². The van der Waals surface area contributed by atoms with Crippen LogP contribution in [-0.2, 0) is 4.74 Å². The SMILES string of the molecule is CC(C)(C)OC(=O)NN1CCC(Oc2ccc(Cl)cc2)CC1. The molecule has 0 bridgehead atoms. The predicted molar refractivity (Wildman–Crippen MR) is 86.0 cm³/mol. The third-order valence-electron chi connectivity index (χ3n) is 3.21. The van der Waals surface area contributed by atoms with E-state index in [9.17, 15) is 4.79 Å². The third kappa shape index (κ3) is 5.73. The van der Waals surface area contributed by atoms with Gasteiger partial charge in [-0.25, -0.2) is 9.80 Å². The van der Waals surface area contributed by atoms with E-state index in [0.717, 1.165) is 31.7 Å². The van der Waals surface area contributed by atoms with Crippen LogP contribution in [0.2, 0.25) is 5.02 Å². The molecule has 0 spiro atoms. The minimum atomic E-state index is -0.486. The Morgan fingerprint density at radius 1 is 1.23 bits per heavy atom. The van der Waals surface area contributed by atoms with Gasteiger partial charge in [0.2, 0.25) is 0 Å². The van der Waals surface area contributed by atoms with Crippen molar-refractivity contribution in [1.29, 1.82) is 0 Å². The Hall–Kier alpha value is -1.46. The Labute approximate surface area is 136 Å². The zero-order valence-corrected chi connectivity index (χ0v) is 14.0. The van der Waals surface area contributed by atoms with Crippen LogP contribution in [0.25, 0.3) is 0 Å². The number of piperidine rings is 1. The van der Waals surface area contributed by atoms with Gasteiger partial charge in [-0.2, -0.15) is 0 Å². The highest BCUT2D eigenvalue weighted by Crippen LogP contribution is 2.20. The van der Waals surface area contributed by atoms with Gasteiger partial charge in [0.1, 0.15) is 17.5 Å². The van der Waals surface area contributed by atoms with Gasteiger partial charge in [0.15, 0.2) is 0 Å². The average molecular weight is 327 g/mol. The van der Waals surface area contributed by atoms with E-state index in [1.54, 1.807) is 0 Å². The predicted octanol–water partition coefficient (Wildman–Crippen LogP) is 3.62. The average Bonchev–Trinajstić information content (AvgIpc) is 2.41. The maximum absolute atomic E-state index is 11.7. The molecule has 6 heteroatoms. The zero-order chi connectivity index (χ0) is 16.2. The summed E-state index contributed by atoms with van der Waals surface area (Å²) in [6.07, 6.45) is 1.43. The fourth-order valence-corrected chi connectivity index (χ4v) is 2.35. The van der Waals surface area contributed by atoms with Gasteiger partial charge < -0.3 is 9.47 Å². The van der Waals surface area contributed by atoms with E-state index in [1.165, 1.54) is 0 Å². The van der Waals surface area contributed by atoms with Crippen LogP contribution >= 0.6 is 11.6 Å². The molecule has 1 amide bonds. The molecule has 0 radical (unpaired) electrons. The normalized spacial score (nSPS) is 17.1. The molecule has 1 heterocycles. The first-order valence-corrected chi connectivity index (χ1v) is 7.86. The molecular weight excluding hydrogens is 304 g/mol. The fraction of sp³-hybridized carbons (Fsp3) is 0.562. The van der Waals surface area contributed by atoms with Crippen molar-refractivity contribution >= 4 is 17.7 Å². The standard InChI is InChI=1S/C16H23ClN2O3/c1-16(2,3)22-15(20)18-19-10-8-14(9-11-19)21-13-6-4-12(17)5-7-13/h4-7,14H,8-11H2,1-3H3,(H,18,20). The number of hydrogen-bond acceptors (Lipinski definition) is 4. The molecule has 1 aromatic rings. The summed E-state index contributed by atoms with van der Waals surface area (Å²) in [6, 6.07) is 7.37. The van der Waals surface area contributed by atoms with Crippen LogP contribution in [0.1, 0.15) is 33.6 Å². The van der Waals surface area contributed by atoms with Gasteiger partial charge in [0.05, 0.1) is 0 Å². The van der Waals surface area contributed by atoms with Gasteiger partial charge in [-0.1, -0.05) is 11.6 Å². The van der Waals surface area contributed by atoms with Crippen molar-refractivity contribution in [3.63, 3.8) is 0 Å². The second-order valence-electron chi connectivity index (χ2n) is 6.37. The number of nitrogens with one attached hydrogen (secondary N) is 1. The third-order valence-corrected chi connectivity index (χ3v) is 3.46. The number of benzene rings is 1. The molecule has 2 rings (SSSR count). The number of amides is 1. The Balaban J connectivity index is 1.73. The van der Waals surface area contributed by atoms with Gasteiger partial charge in [-0.3, -0.25) is 5.43 Å². The van der Waals surface area contributed by atoms with E-state index in [2.05, 4.69) is 5.43 Å². The van der Waals surface area contributed by atoms with Gasteiger partial charge in [-0.15, -0.1) is 0 Å². The van der Waals surface area contributed by atoms with E-state index in [-0.39, 0.29) is 6.10 Å². The second-order valence-corrected chi connectivity index (χ2v) is 6.81. The van der Waals surface area contributed by atoms with E-state index < -0.39 is 11.7 Å². The van der Waals surface area contributed by atoms with Crippen molar-refractivity contribution in [3.8, 4) is 5.75 Å². The van der Waals surface area contributed by atoms with Gasteiger partial charge >= 0.3 is 6.09 Å². The topological polar surface area (TPSA) is 50.8 Å². The molecule has 5 nitrogen and oxygen atoms in total. The van der Waals surface area contributed by atoms with Crippen LogP contribution in [0.5, 0.6) is 5.75 Å². The highest BCUT2D eigenvalue weighted by atomic mass is 35.5. The summed E-state index contributed by atoms with van der Waals surface area (Å²) in [5.41, 5.74) is 2.28. The van der Waals surface area contributed by atoms with Crippen LogP contribution in [0.15, 0.2) is 24.3 Å². The van der Waals surface area contributed by atoms with Crippen molar-refractivity contribution in [2.45, 2.75) is 45.3 Å². The lowest BCUT2D eigenvalue weighted by atomic mass is 10.1. The van der Waals surface area contributed by atoms with Gasteiger partial charge in [-0.05, 0) is 57.9 Å². The van der Waals surface area contributed by atoms with Crippen LogP contribution in [-0.4, -0.2) is 35.9 Å². The lowest BCUT2D eigenvalue weighted by Crippen LogP contribution is -2.49. The first kappa shape index (κ1) is 16.9. The monoisotopic (exact) mass is 326 g/mol. The maximum Gasteiger partial charge on any atom is 0.422 e. The number of rotatable bonds is 3. The molecule has 1 aromatic carbocycles. The summed E-state index contributed by atoms with van der Waals surface area (Å²) in [4.78, 5) is 11.7. The molecule has 1 aliphatic rings. The molecule has 22 heavy (non-hydrogen) atoms. The molecule has 122 valence electrons. The maximum atomic E-state index is 11.7. The quantitative estimate of drug-likeness (QED) is 0.921. The van der Waals surface area contributed by atoms with E-state index in [4.69, 9.17) is 21.1 Å². The van der Waals surface area contributed by atoms with Gasteiger partial charge in [0, 0.05) is 18.1 Å². The molecule has 1 saturated heterocycles. The first-order chi connectivity index (χ1) is 10.3. The van der Waals surface area contributed by atoms with Crippen molar-refractivity contribution in [2.24, 2.45) is 0 Å².